The second kappa shape index (κ2) is 6.00. The first-order valence-corrected chi connectivity index (χ1v) is 6.63. The van der Waals surface area contributed by atoms with Crippen LogP contribution < -0.4 is 9.47 Å². The van der Waals surface area contributed by atoms with Gasteiger partial charge in [-0.1, -0.05) is 0 Å². The summed E-state index contributed by atoms with van der Waals surface area (Å²) in [6, 6.07) is 8.32. The third-order valence-electron chi connectivity index (χ3n) is 2.68. The van der Waals surface area contributed by atoms with Crippen LogP contribution >= 0.6 is 15.9 Å². The van der Waals surface area contributed by atoms with Crippen LogP contribution in [0.3, 0.4) is 0 Å². The van der Waals surface area contributed by atoms with E-state index < -0.39 is 12.1 Å². The first-order chi connectivity index (χ1) is 9.51. The standard InChI is InChI=1S/C14H13BrO5/c1-8(11-5-6-13(20-11)14(16)17)19-12-4-3-9(18-2)7-10(12)15/h3-8H,1-2H3,(H,16,17). The van der Waals surface area contributed by atoms with Gasteiger partial charge in [-0.2, -0.15) is 0 Å². The smallest absolute Gasteiger partial charge is 0.371 e. The highest BCUT2D eigenvalue weighted by Gasteiger charge is 2.16. The maximum absolute atomic E-state index is 10.8. The fourth-order valence-corrected chi connectivity index (χ4v) is 2.09. The minimum Gasteiger partial charge on any atom is -0.497 e. The molecule has 1 unspecified atom stereocenters. The molecule has 0 spiro atoms. The van der Waals surface area contributed by atoms with Crippen LogP contribution in [-0.4, -0.2) is 18.2 Å². The van der Waals surface area contributed by atoms with Crippen molar-refractivity contribution in [2.24, 2.45) is 0 Å². The van der Waals surface area contributed by atoms with E-state index in [-0.39, 0.29) is 5.76 Å². The van der Waals surface area contributed by atoms with Gasteiger partial charge >= 0.3 is 5.97 Å². The summed E-state index contributed by atoms with van der Waals surface area (Å²) < 4.78 is 16.8. The van der Waals surface area contributed by atoms with Gasteiger partial charge in [-0.05, 0) is 53.2 Å². The summed E-state index contributed by atoms with van der Waals surface area (Å²) in [6.45, 7) is 1.78. The number of hydrogen-bond acceptors (Lipinski definition) is 4. The molecule has 0 aliphatic carbocycles. The minimum atomic E-state index is -1.10. The first kappa shape index (κ1) is 14.5. The predicted octanol–water partition coefficient (Wildman–Crippen LogP) is 3.89. The highest BCUT2D eigenvalue weighted by atomic mass is 79.9. The number of halogens is 1. The molecule has 6 heteroatoms. The Labute approximate surface area is 124 Å². The maximum Gasteiger partial charge on any atom is 0.371 e. The van der Waals surface area contributed by atoms with Crippen molar-refractivity contribution in [2.75, 3.05) is 7.11 Å². The minimum absolute atomic E-state index is 0.107. The summed E-state index contributed by atoms with van der Waals surface area (Å²) in [5, 5.41) is 8.82. The summed E-state index contributed by atoms with van der Waals surface area (Å²) in [4.78, 5) is 10.8. The van der Waals surface area contributed by atoms with Gasteiger partial charge in [0.15, 0.2) is 6.10 Å². The van der Waals surface area contributed by atoms with E-state index >= 15 is 0 Å². The van der Waals surface area contributed by atoms with Crippen LogP contribution in [0.25, 0.3) is 0 Å². The van der Waals surface area contributed by atoms with Crippen molar-refractivity contribution in [2.45, 2.75) is 13.0 Å². The van der Waals surface area contributed by atoms with Crippen LogP contribution in [0.15, 0.2) is 39.2 Å². The van der Waals surface area contributed by atoms with Crippen molar-refractivity contribution >= 4 is 21.9 Å². The molecule has 2 rings (SSSR count). The van der Waals surface area contributed by atoms with E-state index in [0.717, 1.165) is 4.47 Å². The molecule has 1 heterocycles. The van der Waals surface area contributed by atoms with E-state index in [4.69, 9.17) is 19.0 Å². The van der Waals surface area contributed by atoms with Crippen molar-refractivity contribution < 1.29 is 23.8 Å². The summed E-state index contributed by atoms with van der Waals surface area (Å²) in [6.07, 6.45) is -0.409. The molecule has 0 amide bonds. The molecule has 1 aromatic carbocycles. The zero-order valence-corrected chi connectivity index (χ0v) is 12.5. The van der Waals surface area contributed by atoms with E-state index in [1.54, 1.807) is 38.3 Å². The molecule has 0 radical (unpaired) electrons. The van der Waals surface area contributed by atoms with E-state index in [1.165, 1.54) is 6.07 Å². The molecule has 0 saturated heterocycles. The number of ether oxygens (including phenoxy) is 2. The van der Waals surface area contributed by atoms with Crippen molar-refractivity contribution in [3.63, 3.8) is 0 Å². The molecule has 0 aliphatic rings. The molecular formula is C14H13BrO5. The molecule has 0 fully saturated rings. The maximum atomic E-state index is 10.8. The number of furan rings is 1. The summed E-state index contributed by atoms with van der Waals surface area (Å²) in [5.74, 6) is 0.568. The molecule has 5 nitrogen and oxygen atoms in total. The van der Waals surface area contributed by atoms with Gasteiger partial charge in [0.2, 0.25) is 5.76 Å². The van der Waals surface area contributed by atoms with Crippen molar-refractivity contribution in [3.05, 3.63) is 46.3 Å². The third-order valence-corrected chi connectivity index (χ3v) is 3.30. The monoisotopic (exact) mass is 340 g/mol. The third kappa shape index (κ3) is 3.14. The fraction of sp³-hybridized carbons (Fsp3) is 0.214. The van der Waals surface area contributed by atoms with Crippen LogP contribution in [0.2, 0.25) is 0 Å². The number of rotatable bonds is 5. The van der Waals surface area contributed by atoms with Gasteiger partial charge in [0.25, 0.3) is 0 Å². The lowest BCUT2D eigenvalue weighted by Gasteiger charge is -2.14. The summed E-state index contributed by atoms with van der Waals surface area (Å²) in [5.41, 5.74) is 0. The van der Waals surface area contributed by atoms with E-state index in [1.807, 2.05) is 0 Å². The summed E-state index contributed by atoms with van der Waals surface area (Å²) >= 11 is 3.39. The Morgan fingerprint density at radius 1 is 1.35 bits per heavy atom. The van der Waals surface area contributed by atoms with Gasteiger partial charge in [-0.3, -0.25) is 0 Å². The predicted molar refractivity (Wildman–Crippen MR) is 75.4 cm³/mol. The molecule has 0 aliphatic heterocycles. The lowest BCUT2D eigenvalue weighted by atomic mass is 10.3. The van der Waals surface area contributed by atoms with Crippen molar-refractivity contribution in [1.29, 1.82) is 0 Å². The fourth-order valence-electron chi connectivity index (χ4n) is 1.64. The zero-order valence-electron chi connectivity index (χ0n) is 10.9. The molecule has 1 aromatic heterocycles. The van der Waals surface area contributed by atoms with Gasteiger partial charge in [-0.15, -0.1) is 0 Å². The second-order valence-electron chi connectivity index (χ2n) is 4.06. The average molecular weight is 341 g/mol. The Hall–Kier alpha value is -1.95. The normalized spacial score (nSPS) is 11.9. The van der Waals surface area contributed by atoms with Gasteiger partial charge in [0, 0.05) is 0 Å². The highest BCUT2D eigenvalue weighted by Crippen LogP contribution is 2.32. The largest absolute Gasteiger partial charge is 0.497 e. The zero-order chi connectivity index (χ0) is 14.7. The molecule has 2 aromatic rings. The van der Waals surface area contributed by atoms with E-state index in [9.17, 15) is 4.79 Å². The van der Waals surface area contributed by atoms with Gasteiger partial charge in [0.1, 0.15) is 17.3 Å². The molecule has 0 saturated carbocycles. The van der Waals surface area contributed by atoms with Crippen LogP contribution in [0.1, 0.15) is 29.3 Å². The lowest BCUT2D eigenvalue weighted by molar-refractivity contribution is 0.0655. The quantitative estimate of drug-likeness (QED) is 0.894. The topological polar surface area (TPSA) is 68.9 Å². The van der Waals surface area contributed by atoms with Crippen molar-refractivity contribution in [3.8, 4) is 11.5 Å². The Kier molecular flexibility index (Phi) is 4.34. The number of hydrogen-bond donors (Lipinski definition) is 1. The van der Waals surface area contributed by atoms with Gasteiger partial charge in [-0.25, -0.2) is 4.79 Å². The number of carboxylic acids is 1. The number of carbonyl (C=O) groups is 1. The van der Waals surface area contributed by atoms with E-state index in [0.29, 0.717) is 17.3 Å². The molecular weight excluding hydrogens is 328 g/mol. The van der Waals surface area contributed by atoms with Crippen LogP contribution in [0, 0.1) is 0 Å². The van der Waals surface area contributed by atoms with Gasteiger partial charge < -0.3 is 19.0 Å². The SMILES string of the molecule is COc1ccc(OC(C)c2ccc(C(=O)O)o2)c(Br)c1. The lowest BCUT2D eigenvalue weighted by Crippen LogP contribution is -2.02. The molecule has 1 N–H and O–H groups in total. The van der Waals surface area contributed by atoms with Crippen LogP contribution in [0.4, 0.5) is 0 Å². The number of benzene rings is 1. The molecule has 20 heavy (non-hydrogen) atoms. The molecule has 106 valence electrons. The Morgan fingerprint density at radius 2 is 2.10 bits per heavy atom. The van der Waals surface area contributed by atoms with Crippen LogP contribution in [-0.2, 0) is 0 Å². The van der Waals surface area contributed by atoms with Gasteiger partial charge in [0.05, 0.1) is 11.6 Å². The number of methoxy groups -OCH3 is 1. The molecule has 0 bridgehead atoms. The number of carboxylic acid groups (broad SMARTS) is 1. The first-order valence-electron chi connectivity index (χ1n) is 5.84. The number of aromatic carboxylic acids is 1. The molecule has 1 atom stereocenters. The Morgan fingerprint density at radius 3 is 2.65 bits per heavy atom. The average Bonchev–Trinajstić information content (AvgIpc) is 2.91. The van der Waals surface area contributed by atoms with Crippen LogP contribution in [0.5, 0.6) is 11.5 Å². The highest BCUT2D eigenvalue weighted by molar-refractivity contribution is 9.10. The second-order valence-corrected chi connectivity index (χ2v) is 4.92. The van der Waals surface area contributed by atoms with Crippen molar-refractivity contribution in [1.82, 2.24) is 0 Å². The Balaban J connectivity index is 2.14. The van der Waals surface area contributed by atoms with E-state index in [2.05, 4.69) is 15.9 Å². The Bertz CT molecular complexity index is 620. The summed E-state index contributed by atoms with van der Waals surface area (Å²) in [7, 11) is 1.58.